The van der Waals surface area contributed by atoms with Gasteiger partial charge in [-0.15, -0.1) is 11.6 Å². The number of hydrogen-bond donors (Lipinski definition) is 0. The van der Waals surface area contributed by atoms with E-state index in [2.05, 4.69) is 0 Å². The average molecular weight is 245 g/mol. The fourth-order valence-electron chi connectivity index (χ4n) is 1.72. The molecule has 0 N–H and O–H groups in total. The second-order valence-corrected chi connectivity index (χ2v) is 5.00. The van der Waals surface area contributed by atoms with Crippen molar-refractivity contribution in [1.29, 1.82) is 0 Å². The SMILES string of the molecule is COc1ccc(Cl)cc1C(Cl)CC1CC1. The molecule has 82 valence electrons. The van der Waals surface area contributed by atoms with E-state index in [0.717, 1.165) is 23.7 Å². The van der Waals surface area contributed by atoms with Crippen LogP contribution >= 0.6 is 23.2 Å². The maximum Gasteiger partial charge on any atom is 0.123 e. The normalized spacial score (nSPS) is 17.5. The third-order valence-electron chi connectivity index (χ3n) is 2.77. The van der Waals surface area contributed by atoms with E-state index in [1.807, 2.05) is 18.2 Å². The molecule has 0 amide bonds. The molecular weight excluding hydrogens is 231 g/mol. The van der Waals surface area contributed by atoms with E-state index in [9.17, 15) is 0 Å². The Morgan fingerprint density at radius 2 is 2.20 bits per heavy atom. The van der Waals surface area contributed by atoms with E-state index >= 15 is 0 Å². The zero-order chi connectivity index (χ0) is 10.8. The van der Waals surface area contributed by atoms with Gasteiger partial charge in [0.1, 0.15) is 5.75 Å². The summed E-state index contributed by atoms with van der Waals surface area (Å²) in [5, 5.41) is 0.735. The van der Waals surface area contributed by atoms with Crippen LogP contribution in [0.4, 0.5) is 0 Å². The fourth-order valence-corrected chi connectivity index (χ4v) is 2.33. The number of benzene rings is 1. The van der Waals surface area contributed by atoms with Crippen LogP contribution in [-0.4, -0.2) is 7.11 Å². The topological polar surface area (TPSA) is 9.23 Å². The van der Waals surface area contributed by atoms with Gasteiger partial charge in [0.25, 0.3) is 0 Å². The average Bonchev–Trinajstić information content (AvgIpc) is 3.01. The number of ether oxygens (including phenoxy) is 1. The summed E-state index contributed by atoms with van der Waals surface area (Å²) in [5.41, 5.74) is 1.01. The Morgan fingerprint density at radius 1 is 1.47 bits per heavy atom. The lowest BCUT2D eigenvalue weighted by molar-refractivity contribution is 0.408. The van der Waals surface area contributed by atoms with Gasteiger partial charge < -0.3 is 4.74 Å². The maximum absolute atomic E-state index is 6.36. The van der Waals surface area contributed by atoms with Gasteiger partial charge in [0, 0.05) is 10.6 Å². The van der Waals surface area contributed by atoms with E-state index in [4.69, 9.17) is 27.9 Å². The predicted molar refractivity (Wildman–Crippen MR) is 63.9 cm³/mol. The van der Waals surface area contributed by atoms with Crippen LogP contribution in [0.3, 0.4) is 0 Å². The first-order valence-corrected chi connectivity index (χ1v) is 5.99. The van der Waals surface area contributed by atoms with E-state index < -0.39 is 0 Å². The van der Waals surface area contributed by atoms with Crippen LogP contribution in [0.5, 0.6) is 5.75 Å². The molecule has 0 bridgehead atoms. The Kier molecular flexibility index (Phi) is 3.42. The Morgan fingerprint density at radius 3 is 2.80 bits per heavy atom. The van der Waals surface area contributed by atoms with Gasteiger partial charge in [0.05, 0.1) is 12.5 Å². The van der Waals surface area contributed by atoms with Crippen molar-refractivity contribution in [2.45, 2.75) is 24.6 Å². The number of methoxy groups -OCH3 is 1. The van der Waals surface area contributed by atoms with Crippen molar-refractivity contribution in [3.63, 3.8) is 0 Å². The smallest absolute Gasteiger partial charge is 0.123 e. The van der Waals surface area contributed by atoms with Gasteiger partial charge in [-0.3, -0.25) is 0 Å². The zero-order valence-corrected chi connectivity index (χ0v) is 10.2. The highest BCUT2D eigenvalue weighted by Gasteiger charge is 2.26. The largest absolute Gasteiger partial charge is 0.496 e. The Labute approximate surface area is 100 Å². The van der Waals surface area contributed by atoms with Crippen LogP contribution in [0.15, 0.2) is 18.2 Å². The molecule has 1 unspecified atom stereocenters. The van der Waals surface area contributed by atoms with E-state index in [0.29, 0.717) is 5.02 Å². The molecule has 0 aliphatic heterocycles. The van der Waals surface area contributed by atoms with Crippen LogP contribution in [0.25, 0.3) is 0 Å². The summed E-state index contributed by atoms with van der Waals surface area (Å²) in [7, 11) is 1.66. The minimum atomic E-state index is 0.0196. The molecule has 1 fully saturated rings. The molecule has 1 nitrogen and oxygen atoms in total. The molecule has 1 aromatic rings. The van der Waals surface area contributed by atoms with Crippen molar-refractivity contribution in [3.05, 3.63) is 28.8 Å². The number of rotatable bonds is 4. The number of halogens is 2. The first-order valence-electron chi connectivity index (χ1n) is 5.18. The molecule has 3 heteroatoms. The molecule has 1 saturated carbocycles. The van der Waals surface area contributed by atoms with Gasteiger partial charge in [0.15, 0.2) is 0 Å². The van der Waals surface area contributed by atoms with Gasteiger partial charge in [-0.05, 0) is 30.5 Å². The molecule has 1 aromatic carbocycles. The summed E-state index contributed by atoms with van der Waals surface area (Å²) < 4.78 is 5.28. The molecular formula is C12H14Cl2O. The molecule has 2 rings (SSSR count). The Hall–Kier alpha value is -0.400. The second-order valence-electron chi connectivity index (χ2n) is 4.03. The van der Waals surface area contributed by atoms with Crippen molar-refractivity contribution >= 4 is 23.2 Å². The summed E-state index contributed by atoms with van der Waals surface area (Å²) in [6, 6.07) is 5.60. The van der Waals surface area contributed by atoms with Crippen molar-refractivity contribution in [3.8, 4) is 5.75 Å². The lowest BCUT2D eigenvalue weighted by Gasteiger charge is -2.13. The van der Waals surface area contributed by atoms with E-state index in [-0.39, 0.29) is 5.38 Å². The highest BCUT2D eigenvalue weighted by molar-refractivity contribution is 6.31. The van der Waals surface area contributed by atoms with Gasteiger partial charge in [-0.25, -0.2) is 0 Å². The highest BCUT2D eigenvalue weighted by atomic mass is 35.5. The molecule has 0 saturated heterocycles. The lowest BCUT2D eigenvalue weighted by atomic mass is 10.1. The van der Waals surface area contributed by atoms with Crippen molar-refractivity contribution in [2.24, 2.45) is 5.92 Å². The maximum atomic E-state index is 6.36. The molecule has 0 aromatic heterocycles. The first kappa shape index (κ1) is 11.1. The molecule has 1 aliphatic rings. The van der Waals surface area contributed by atoms with Crippen LogP contribution < -0.4 is 4.74 Å². The summed E-state index contributed by atoms with van der Waals surface area (Å²) in [5.74, 6) is 1.64. The summed E-state index contributed by atoms with van der Waals surface area (Å²) in [4.78, 5) is 0. The van der Waals surface area contributed by atoms with Gasteiger partial charge in [-0.1, -0.05) is 24.4 Å². The van der Waals surface area contributed by atoms with Crippen molar-refractivity contribution in [2.75, 3.05) is 7.11 Å². The molecule has 15 heavy (non-hydrogen) atoms. The first-order chi connectivity index (χ1) is 7.20. The summed E-state index contributed by atoms with van der Waals surface area (Å²) >= 11 is 12.3. The minimum Gasteiger partial charge on any atom is -0.496 e. The molecule has 0 radical (unpaired) electrons. The molecule has 1 aliphatic carbocycles. The van der Waals surface area contributed by atoms with Crippen LogP contribution in [0.2, 0.25) is 5.02 Å². The number of alkyl halides is 1. The monoisotopic (exact) mass is 244 g/mol. The second kappa shape index (κ2) is 4.63. The quantitative estimate of drug-likeness (QED) is 0.713. The Balaban J connectivity index is 2.18. The third-order valence-corrected chi connectivity index (χ3v) is 3.41. The summed E-state index contributed by atoms with van der Waals surface area (Å²) in [6.07, 6.45) is 3.65. The van der Waals surface area contributed by atoms with Gasteiger partial charge >= 0.3 is 0 Å². The van der Waals surface area contributed by atoms with Crippen molar-refractivity contribution < 1.29 is 4.74 Å². The summed E-state index contributed by atoms with van der Waals surface area (Å²) in [6.45, 7) is 0. The van der Waals surface area contributed by atoms with E-state index in [1.165, 1.54) is 12.8 Å². The van der Waals surface area contributed by atoms with Gasteiger partial charge in [0.2, 0.25) is 0 Å². The fraction of sp³-hybridized carbons (Fsp3) is 0.500. The lowest BCUT2D eigenvalue weighted by Crippen LogP contribution is -1.96. The Bertz CT molecular complexity index is 347. The van der Waals surface area contributed by atoms with E-state index in [1.54, 1.807) is 7.11 Å². The zero-order valence-electron chi connectivity index (χ0n) is 8.67. The van der Waals surface area contributed by atoms with Crippen LogP contribution in [-0.2, 0) is 0 Å². The molecule has 1 atom stereocenters. The number of hydrogen-bond acceptors (Lipinski definition) is 1. The van der Waals surface area contributed by atoms with Crippen LogP contribution in [0, 0.1) is 5.92 Å². The minimum absolute atomic E-state index is 0.0196. The standard InChI is InChI=1S/C12H14Cl2O/c1-15-12-5-4-9(13)7-10(12)11(14)6-8-2-3-8/h4-5,7-8,11H,2-3,6H2,1H3. The third kappa shape index (κ3) is 2.79. The van der Waals surface area contributed by atoms with Crippen LogP contribution in [0.1, 0.15) is 30.2 Å². The molecule has 0 spiro atoms. The van der Waals surface area contributed by atoms with Crippen molar-refractivity contribution in [1.82, 2.24) is 0 Å². The van der Waals surface area contributed by atoms with Gasteiger partial charge in [-0.2, -0.15) is 0 Å². The molecule has 0 heterocycles. The predicted octanol–water partition coefficient (Wildman–Crippen LogP) is 4.43. The highest BCUT2D eigenvalue weighted by Crippen LogP contribution is 2.43.